The predicted molar refractivity (Wildman–Crippen MR) is 173 cm³/mol. The summed E-state index contributed by atoms with van der Waals surface area (Å²) in [6.45, 7) is 11.4. The van der Waals surface area contributed by atoms with Crippen LogP contribution in [0.15, 0.2) is 29.1 Å². The van der Waals surface area contributed by atoms with Gasteiger partial charge in [-0.2, -0.15) is 0 Å². The first-order valence-corrected chi connectivity index (χ1v) is 17.3. The summed E-state index contributed by atoms with van der Waals surface area (Å²) < 4.78 is 12.6. The maximum atomic E-state index is 13.9. The summed E-state index contributed by atoms with van der Waals surface area (Å²) >= 11 is 0. The maximum absolute atomic E-state index is 13.9. The number of carbonyl (C=O) groups excluding carboxylic acids is 3. The lowest BCUT2D eigenvalue weighted by molar-refractivity contribution is -0.189. The highest BCUT2D eigenvalue weighted by atomic mass is 33.1. The molecule has 0 saturated carbocycles. The number of esters is 2. The topological polar surface area (TPSA) is 125 Å². The lowest BCUT2D eigenvalue weighted by atomic mass is 9.85. The van der Waals surface area contributed by atoms with E-state index in [0.29, 0.717) is 47.6 Å². The monoisotopic (exact) mass is 638 g/mol. The Morgan fingerprint density at radius 2 is 1.93 bits per heavy atom. The number of phenols is 1. The van der Waals surface area contributed by atoms with Crippen LogP contribution in [0.2, 0.25) is 0 Å². The number of rotatable bonds is 11. The summed E-state index contributed by atoms with van der Waals surface area (Å²) in [5, 5.41) is 10.9. The molecule has 4 heterocycles. The Labute approximate surface area is 264 Å². The smallest absolute Gasteiger partial charge is 0.355 e. The van der Waals surface area contributed by atoms with Crippen molar-refractivity contribution in [1.29, 1.82) is 0 Å². The molecule has 0 fully saturated rings. The number of ether oxygens (including phenoxy) is 2. The minimum Gasteiger partial charge on any atom is -0.508 e. The van der Waals surface area contributed by atoms with Crippen molar-refractivity contribution in [3.63, 3.8) is 0 Å². The van der Waals surface area contributed by atoms with Crippen LogP contribution in [0.5, 0.6) is 5.75 Å². The number of aromatic nitrogens is 2. The van der Waals surface area contributed by atoms with Gasteiger partial charge in [-0.25, -0.2) is 9.78 Å². The van der Waals surface area contributed by atoms with E-state index < -0.39 is 22.3 Å². The number of carbonyl (C=O) groups is 3. The fourth-order valence-corrected chi connectivity index (χ4v) is 8.45. The van der Waals surface area contributed by atoms with Crippen molar-refractivity contribution >= 4 is 50.2 Å². The maximum Gasteiger partial charge on any atom is 0.355 e. The van der Waals surface area contributed by atoms with Gasteiger partial charge in [0.25, 0.3) is 5.56 Å². The summed E-state index contributed by atoms with van der Waals surface area (Å²) in [5.41, 5.74) is 2.32. The van der Waals surface area contributed by atoms with Gasteiger partial charge in [0.05, 0.1) is 35.4 Å². The third-order valence-electron chi connectivity index (χ3n) is 8.33. The van der Waals surface area contributed by atoms with E-state index in [1.165, 1.54) is 21.6 Å². The van der Waals surface area contributed by atoms with E-state index in [1.807, 2.05) is 34.6 Å². The molecule has 2 aliphatic heterocycles. The number of pyridine rings is 2. The average molecular weight is 639 g/mol. The minimum absolute atomic E-state index is 0.00649. The molecule has 0 radical (unpaired) electrons. The van der Waals surface area contributed by atoms with Crippen LogP contribution in [-0.2, 0) is 49.0 Å². The van der Waals surface area contributed by atoms with Crippen LogP contribution < -0.4 is 5.56 Å². The fraction of sp³-hybridized carbons (Fsp3) is 0.485. The Hall–Kier alpha value is -3.31. The van der Waals surface area contributed by atoms with E-state index in [2.05, 4.69) is 0 Å². The number of hydrogen-bond acceptors (Lipinski definition) is 10. The van der Waals surface area contributed by atoms with Gasteiger partial charge < -0.3 is 19.1 Å². The second-order valence-electron chi connectivity index (χ2n) is 12.2. The van der Waals surface area contributed by atoms with E-state index in [4.69, 9.17) is 14.5 Å². The van der Waals surface area contributed by atoms with Gasteiger partial charge >= 0.3 is 11.9 Å². The molecule has 1 N–H and O–H groups in total. The largest absolute Gasteiger partial charge is 0.508 e. The van der Waals surface area contributed by atoms with Gasteiger partial charge in [-0.1, -0.05) is 49.3 Å². The Morgan fingerprint density at radius 3 is 2.61 bits per heavy atom. The van der Waals surface area contributed by atoms with Crippen LogP contribution in [0.3, 0.4) is 0 Å². The average Bonchev–Trinajstić information content (AvgIpc) is 3.33. The van der Waals surface area contributed by atoms with Crippen LogP contribution in [0.1, 0.15) is 83.1 Å². The zero-order valence-electron chi connectivity index (χ0n) is 25.9. The van der Waals surface area contributed by atoms with Crippen molar-refractivity contribution in [2.45, 2.75) is 90.7 Å². The van der Waals surface area contributed by atoms with Crippen LogP contribution in [0.25, 0.3) is 22.3 Å². The van der Waals surface area contributed by atoms with Crippen LogP contribution >= 0.6 is 21.6 Å². The van der Waals surface area contributed by atoms with E-state index in [0.717, 1.165) is 16.5 Å². The zero-order chi connectivity index (χ0) is 32.0. The molecule has 11 heteroatoms. The van der Waals surface area contributed by atoms with Gasteiger partial charge in [0.15, 0.2) is 0 Å². The number of ketones is 1. The van der Waals surface area contributed by atoms with E-state index >= 15 is 0 Å². The summed E-state index contributed by atoms with van der Waals surface area (Å²) in [5.74, 6) is -0.303. The molecule has 1 atom stereocenters. The van der Waals surface area contributed by atoms with Crippen molar-refractivity contribution in [3.8, 4) is 17.1 Å². The Kier molecular flexibility index (Phi) is 8.92. The third kappa shape index (κ3) is 5.76. The second kappa shape index (κ2) is 12.2. The summed E-state index contributed by atoms with van der Waals surface area (Å²) in [4.78, 5) is 57.6. The highest BCUT2D eigenvalue weighted by Gasteiger charge is 2.51. The highest BCUT2D eigenvalue weighted by molar-refractivity contribution is 8.77. The number of Topliss-reactive ketones (excluding diaryl/α,β-unsaturated/α-hetero) is 1. The number of phenolic OH excluding ortho intramolecular Hbond substituents is 1. The Balaban J connectivity index is 1.47. The first kappa shape index (κ1) is 32.1. The number of hydrogen-bond donors (Lipinski definition) is 1. The van der Waals surface area contributed by atoms with Crippen molar-refractivity contribution in [2.24, 2.45) is 5.92 Å². The lowest BCUT2D eigenvalue weighted by Crippen LogP contribution is -2.48. The molecule has 0 spiro atoms. The van der Waals surface area contributed by atoms with Gasteiger partial charge in [-0.05, 0) is 56.5 Å². The molecule has 44 heavy (non-hydrogen) atoms. The molecule has 2 aromatic heterocycles. The first-order chi connectivity index (χ1) is 20.8. The number of nitrogens with zero attached hydrogens (tertiary/aromatic N) is 2. The SMILES string of the molecule is CCc1c2c(nc3ccc(O)cc13)-c1cc3c(c(=O)n1C2)COC(=O)[C@@]3(CC)OC(=O)CC(C)(C)SSCCC(=O)C(C)C. The molecule has 0 unspecified atom stereocenters. The zero-order valence-corrected chi connectivity index (χ0v) is 27.6. The minimum atomic E-state index is -1.77. The van der Waals surface area contributed by atoms with Crippen LogP contribution in [0.4, 0.5) is 0 Å². The van der Waals surface area contributed by atoms with Crippen molar-refractivity contribution in [2.75, 3.05) is 5.75 Å². The van der Waals surface area contributed by atoms with Gasteiger partial charge in [0.1, 0.15) is 18.1 Å². The van der Waals surface area contributed by atoms with Crippen molar-refractivity contribution in [3.05, 3.63) is 56.9 Å². The third-order valence-corrected chi connectivity index (χ3v) is 11.6. The molecular weight excluding hydrogens is 601 g/mol. The molecular formula is C33H38N2O7S2. The molecule has 0 aliphatic carbocycles. The summed E-state index contributed by atoms with van der Waals surface area (Å²) in [6.07, 6.45) is 1.24. The predicted octanol–water partition coefficient (Wildman–Crippen LogP) is 6.06. The molecule has 9 nitrogen and oxygen atoms in total. The van der Waals surface area contributed by atoms with Crippen molar-refractivity contribution < 1.29 is 29.0 Å². The summed E-state index contributed by atoms with van der Waals surface area (Å²) in [7, 11) is 3.03. The number of cyclic esters (lactones) is 1. The number of aryl methyl sites for hydroxylation is 1. The first-order valence-electron chi connectivity index (χ1n) is 15.0. The Morgan fingerprint density at radius 1 is 1.18 bits per heavy atom. The Bertz CT molecular complexity index is 1730. The molecule has 0 bridgehead atoms. The second-order valence-corrected chi connectivity index (χ2v) is 15.4. The number of benzene rings is 1. The van der Waals surface area contributed by atoms with E-state index in [9.17, 15) is 24.3 Å². The highest BCUT2D eigenvalue weighted by Crippen LogP contribution is 2.44. The van der Waals surface area contributed by atoms with E-state index in [-0.39, 0.29) is 48.0 Å². The standard InChI is InChI=1S/C33H38N2O7S2/c1-7-20-21-13-19(36)9-10-25(21)34-29-22(20)16-35-26(29)14-24-23(30(35)39)17-41-31(40)33(24,8-2)42-28(38)15-32(5,6)44-43-12-11-27(37)18(3)4/h9-10,13-14,18,36H,7-8,11-12,15-17H2,1-6H3/t33-/m0/s1. The number of fused-ring (bicyclic) bond motifs is 5. The number of aromatic hydroxyl groups is 1. The molecule has 5 rings (SSSR count). The normalized spacial score (nSPS) is 17.3. The van der Waals surface area contributed by atoms with Crippen molar-refractivity contribution in [1.82, 2.24) is 9.55 Å². The lowest BCUT2D eigenvalue weighted by Gasteiger charge is -2.36. The molecule has 3 aromatic rings. The summed E-state index contributed by atoms with van der Waals surface area (Å²) in [6, 6.07) is 6.78. The van der Waals surface area contributed by atoms with Gasteiger partial charge in [0, 0.05) is 39.4 Å². The van der Waals surface area contributed by atoms with Gasteiger partial charge in [0.2, 0.25) is 5.60 Å². The molecule has 234 valence electrons. The molecule has 2 aliphatic rings. The van der Waals surface area contributed by atoms with Gasteiger partial charge in [-0.15, -0.1) is 0 Å². The molecule has 0 amide bonds. The van der Waals surface area contributed by atoms with Crippen LogP contribution in [-0.4, -0.2) is 42.9 Å². The van der Waals surface area contributed by atoms with E-state index in [1.54, 1.807) is 35.8 Å². The quantitative estimate of drug-likeness (QED) is 0.118. The molecule has 0 saturated heterocycles. The van der Waals surface area contributed by atoms with Crippen LogP contribution in [0, 0.1) is 5.92 Å². The van der Waals surface area contributed by atoms with Gasteiger partial charge in [-0.3, -0.25) is 14.4 Å². The fourth-order valence-electron chi connectivity index (χ4n) is 5.95. The molecule has 1 aromatic carbocycles.